The van der Waals surface area contributed by atoms with E-state index in [9.17, 15) is 9.59 Å². The van der Waals surface area contributed by atoms with Crippen molar-refractivity contribution < 1.29 is 14.3 Å². The lowest BCUT2D eigenvalue weighted by molar-refractivity contribution is -0.146. The average Bonchev–Trinajstić information content (AvgIpc) is 2.53. The van der Waals surface area contributed by atoms with Gasteiger partial charge in [0.1, 0.15) is 0 Å². The summed E-state index contributed by atoms with van der Waals surface area (Å²) in [7, 11) is 1.40. The molecule has 0 radical (unpaired) electrons. The quantitative estimate of drug-likeness (QED) is 0.795. The lowest BCUT2D eigenvalue weighted by atomic mass is 9.96. The van der Waals surface area contributed by atoms with Crippen LogP contribution in [0.15, 0.2) is 24.3 Å². The maximum Gasteiger partial charge on any atom is 0.310 e. The van der Waals surface area contributed by atoms with Crippen molar-refractivity contribution in [2.45, 2.75) is 26.2 Å². The van der Waals surface area contributed by atoms with Crippen LogP contribution in [0.5, 0.6) is 0 Å². The molecule has 0 bridgehead atoms. The molecular weight excluding hydrogens is 254 g/mol. The minimum Gasteiger partial charge on any atom is -0.469 e. The molecule has 0 aromatic heterocycles. The topological polar surface area (TPSA) is 46.6 Å². The third-order valence-corrected chi connectivity index (χ3v) is 3.87. The highest BCUT2D eigenvalue weighted by Gasteiger charge is 2.29. The fraction of sp³-hybridized carbons (Fsp3) is 0.500. The largest absolute Gasteiger partial charge is 0.469 e. The second kappa shape index (κ2) is 6.55. The van der Waals surface area contributed by atoms with Crippen LogP contribution >= 0.6 is 0 Å². The monoisotopic (exact) mass is 275 g/mol. The zero-order chi connectivity index (χ0) is 14.5. The Morgan fingerprint density at radius 2 is 2.10 bits per heavy atom. The summed E-state index contributed by atoms with van der Waals surface area (Å²) < 4.78 is 4.79. The predicted molar refractivity (Wildman–Crippen MR) is 76.5 cm³/mol. The van der Waals surface area contributed by atoms with Gasteiger partial charge in [-0.2, -0.15) is 0 Å². The van der Waals surface area contributed by atoms with Crippen molar-refractivity contribution in [2.75, 3.05) is 20.2 Å². The first kappa shape index (κ1) is 14.6. The highest BCUT2D eigenvalue weighted by Crippen LogP contribution is 2.21. The van der Waals surface area contributed by atoms with Crippen molar-refractivity contribution in [1.82, 2.24) is 4.90 Å². The van der Waals surface area contributed by atoms with E-state index in [-0.39, 0.29) is 17.8 Å². The molecular formula is C16H21NO3. The van der Waals surface area contributed by atoms with Crippen LogP contribution in [-0.2, 0) is 16.0 Å². The number of hydrogen-bond acceptors (Lipinski definition) is 3. The fourth-order valence-electron chi connectivity index (χ4n) is 2.73. The number of likely N-dealkylation sites (tertiary alicyclic amines) is 1. The molecule has 1 unspecified atom stereocenters. The van der Waals surface area contributed by atoms with Gasteiger partial charge in [-0.05, 0) is 30.9 Å². The van der Waals surface area contributed by atoms with Crippen LogP contribution in [0.4, 0.5) is 0 Å². The third-order valence-electron chi connectivity index (χ3n) is 3.87. The molecule has 0 saturated carbocycles. The molecule has 1 aromatic carbocycles. The first-order valence-electron chi connectivity index (χ1n) is 7.12. The van der Waals surface area contributed by atoms with Gasteiger partial charge in [-0.1, -0.05) is 25.1 Å². The molecule has 2 rings (SSSR count). The Morgan fingerprint density at radius 3 is 2.80 bits per heavy atom. The van der Waals surface area contributed by atoms with Gasteiger partial charge in [-0.15, -0.1) is 0 Å². The van der Waals surface area contributed by atoms with Gasteiger partial charge in [0.05, 0.1) is 13.0 Å². The van der Waals surface area contributed by atoms with Gasteiger partial charge in [0.15, 0.2) is 0 Å². The summed E-state index contributed by atoms with van der Waals surface area (Å²) in [5, 5.41) is 0. The Kier molecular flexibility index (Phi) is 4.77. The maximum absolute atomic E-state index is 12.6. The summed E-state index contributed by atoms with van der Waals surface area (Å²) in [6.45, 7) is 3.22. The highest BCUT2D eigenvalue weighted by molar-refractivity contribution is 5.96. The van der Waals surface area contributed by atoms with E-state index in [4.69, 9.17) is 4.74 Å². The number of piperidine rings is 1. The number of rotatable bonds is 3. The van der Waals surface area contributed by atoms with Crippen LogP contribution < -0.4 is 0 Å². The second-order valence-corrected chi connectivity index (χ2v) is 5.12. The van der Waals surface area contributed by atoms with Gasteiger partial charge in [0, 0.05) is 18.7 Å². The Morgan fingerprint density at radius 1 is 1.35 bits per heavy atom. The van der Waals surface area contributed by atoms with E-state index in [0.717, 1.165) is 30.4 Å². The van der Waals surface area contributed by atoms with E-state index in [1.165, 1.54) is 7.11 Å². The maximum atomic E-state index is 12.6. The zero-order valence-electron chi connectivity index (χ0n) is 12.1. The van der Waals surface area contributed by atoms with Crippen LogP contribution in [-0.4, -0.2) is 37.0 Å². The van der Waals surface area contributed by atoms with Gasteiger partial charge in [-0.3, -0.25) is 9.59 Å². The SMILES string of the molecule is CCc1ccccc1C(=O)N1CCCC(C(=O)OC)C1. The Hall–Kier alpha value is -1.84. The molecule has 1 aliphatic heterocycles. The van der Waals surface area contributed by atoms with E-state index in [0.29, 0.717) is 13.1 Å². The number of benzene rings is 1. The third kappa shape index (κ3) is 3.00. The van der Waals surface area contributed by atoms with Gasteiger partial charge >= 0.3 is 5.97 Å². The molecule has 108 valence electrons. The van der Waals surface area contributed by atoms with Crippen LogP contribution in [0.3, 0.4) is 0 Å². The lowest BCUT2D eigenvalue weighted by Crippen LogP contribution is -2.42. The van der Waals surface area contributed by atoms with Crippen LogP contribution in [0.1, 0.15) is 35.7 Å². The molecule has 0 spiro atoms. The number of carbonyl (C=O) groups excluding carboxylic acids is 2. The predicted octanol–water partition coefficient (Wildman–Crippen LogP) is 2.27. The Labute approximate surface area is 119 Å². The molecule has 1 amide bonds. The standard InChI is InChI=1S/C16H21NO3/c1-3-12-7-4-5-9-14(12)15(18)17-10-6-8-13(11-17)16(19)20-2/h4-5,7,9,13H,3,6,8,10-11H2,1-2H3. The van der Waals surface area contributed by atoms with Gasteiger partial charge in [-0.25, -0.2) is 0 Å². The molecule has 1 atom stereocenters. The van der Waals surface area contributed by atoms with Crippen LogP contribution in [0.25, 0.3) is 0 Å². The number of esters is 1. The second-order valence-electron chi connectivity index (χ2n) is 5.12. The van der Waals surface area contributed by atoms with Crippen molar-refractivity contribution in [3.8, 4) is 0 Å². The summed E-state index contributed by atoms with van der Waals surface area (Å²) in [6.07, 6.45) is 2.47. The summed E-state index contributed by atoms with van der Waals surface area (Å²) in [5.74, 6) is -0.381. The molecule has 0 aliphatic carbocycles. The fourth-order valence-corrected chi connectivity index (χ4v) is 2.73. The minimum absolute atomic E-state index is 0.0241. The first-order valence-corrected chi connectivity index (χ1v) is 7.12. The number of nitrogens with zero attached hydrogens (tertiary/aromatic N) is 1. The molecule has 20 heavy (non-hydrogen) atoms. The van der Waals surface area contributed by atoms with Crippen molar-refractivity contribution in [1.29, 1.82) is 0 Å². The molecule has 0 N–H and O–H groups in total. The molecule has 4 nitrogen and oxygen atoms in total. The summed E-state index contributed by atoms with van der Waals surface area (Å²) >= 11 is 0. The van der Waals surface area contributed by atoms with Gasteiger partial charge < -0.3 is 9.64 Å². The molecule has 4 heteroatoms. The van der Waals surface area contributed by atoms with E-state index >= 15 is 0 Å². The molecule has 1 fully saturated rings. The number of carbonyl (C=O) groups is 2. The van der Waals surface area contributed by atoms with Gasteiger partial charge in [0.2, 0.25) is 0 Å². The van der Waals surface area contributed by atoms with Gasteiger partial charge in [0.25, 0.3) is 5.91 Å². The first-order chi connectivity index (χ1) is 9.67. The summed E-state index contributed by atoms with van der Waals surface area (Å²) in [6, 6.07) is 7.68. The lowest BCUT2D eigenvalue weighted by Gasteiger charge is -2.31. The minimum atomic E-state index is -0.216. The smallest absolute Gasteiger partial charge is 0.310 e. The summed E-state index contributed by atoms with van der Waals surface area (Å²) in [4.78, 5) is 26.0. The van der Waals surface area contributed by atoms with Crippen molar-refractivity contribution in [2.24, 2.45) is 5.92 Å². The van der Waals surface area contributed by atoms with Crippen molar-refractivity contribution >= 4 is 11.9 Å². The summed E-state index contributed by atoms with van der Waals surface area (Å²) in [5.41, 5.74) is 1.80. The molecule has 1 aliphatic rings. The molecule has 1 saturated heterocycles. The zero-order valence-corrected chi connectivity index (χ0v) is 12.1. The number of aryl methyl sites for hydroxylation is 1. The number of amides is 1. The van der Waals surface area contributed by atoms with Crippen molar-refractivity contribution in [3.05, 3.63) is 35.4 Å². The van der Waals surface area contributed by atoms with Crippen LogP contribution in [0, 0.1) is 5.92 Å². The Bertz CT molecular complexity index is 498. The Balaban J connectivity index is 2.14. The van der Waals surface area contributed by atoms with E-state index in [1.54, 1.807) is 4.90 Å². The normalized spacial score (nSPS) is 18.7. The average molecular weight is 275 g/mol. The van der Waals surface area contributed by atoms with Crippen molar-refractivity contribution in [3.63, 3.8) is 0 Å². The van der Waals surface area contributed by atoms with E-state index in [1.807, 2.05) is 31.2 Å². The highest BCUT2D eigenvalue weighted by atomic mass is 16.5. The number of hydrogen-bond donors (Lipinski definition) is 0. The number of methoxy groups -OCH3 is 1. The van der Waals surface area contributed by atoms with Crippen LogP contribution in [0.2, 0.25) is 0 Å². The van der Waals surface area contributed by atoms with E-state index < -0.39 is 0 Å². The number of ether oxygens (including phenoxy) is 1. The van der Waals surface area contributed by atoms with E-state index in [2.05, 4.69) is 0 Å². The molecule has 1 aromatic rings. The molecule has 1 heterocycles.